The molecule has 1 heterocycles. The van der Waals surface area contributed by atoms with Crippen molar-refractivity contribution in [1.82, 2.24) is 5.32 Å². The molecule has 0 aliphatic carbocycles. The Labute approximate surface area is 132 Å². The molecular formula is C16H18BrNO3. The molecule has 0 saturated heterocycles. The first-order chi connectivity index (χ1) is 10.0. The zero-order chi connectivity index (χ0) is 15.4. The number of aryl methyl sites for hydroxylation is 1. The minimum absolute atomic E-state index is 0.175. The molecule has 2 aromatic rings. The highest BCUT2D eigenvalue weighted by Crippen LogP contribution is 2.20. The van der Waals surface area contributed by atoms with Crippen LogP contribution in [0.3, 0.4) is 0 Å². The van der Waals surface area contributed by atoms with Gasteiger partial charge in [0.15, 0.2) is 0 Å². The van der Waals surface area contributed by atoms with E-state index in [9.17, 15) is 4.79 Å². The molecule has 0 radical (unpaired) electrons. The van der Waals surface area contributed by atoms with Gasteiger partial charge in [0, 0.05) is 10.5 Å². The van der Waals surface area contributed by atoms with Gasteiger partial charge in [-0.2, -0.15) is 0 Å². The number of carbonyl (C=O) groups is 1. The monoisotopic (exact) mass is 351 g/mol. The summed E-state index contributed by atoms with van der Waals surface area (Å²) >= 11 is 3.47. The van der Waals surface area contributed by atoms with E-state index < -0.39 is 0 Å². The maximum atomic E-state index is 11.5. The van der Waals surface area contributed by atoms with Gasteiger partial charge in [0.25, 0.3) is 0 Å². The maximum Gasteiger partial charge on any atom is 0.341 e. The van der Waals surface area contributed by atoms with Gasteiger partial charge in [0.05, 0.1) is 13.7 Å². The van der Waals surface area contributed by atoms with Crippen LogP contribution in [0.5, 0.6) is 0 Å². The number of methoxy groups -OCH3 is 1. The fourth-order valence-corrected chi connectivity index (χ4v) is 2.51. The molecule has 0 spiro atoms. The van der Waals surface area contributed by atoms with Crippen LogP contribution in [-0.4, -0.2) is 13.1 Å². The normalized spacial score (nSPS) is 12.2. The molecule has 1 aromatic carbocycles. The lowest BCUT2D eigenvalue weighted by Crippen LogP contribution is -2.17. The van der Waals surface area contributed by atoms with Crippen molar-refractivity contribution in [1.29, 1.82) is 0 Å². The molecule has 2 rings (SSSR count). The summed E-state index contributed by atoms with van der Waals surface area (Å²) in [6, 6.07) is 10.0. The average Bonchev–Trinajstić information content (AvgIpc) is 2.85. The van der Waals surface area contributed by atoms with Gasteiger partial charge in [-0.1, -0.05) is 28.1 Å². The second-order valence-electron chi connectivity index (χ2n) is 4.83. The largest absolute Gasteiger partial charge is 0.465 e. The van der Waals surface area contributed by atoms with Gasteiger partial charge in [-0.15, -0.1) is 0 Å². The van der Waals surface area contributed by atoms with Gasteiger partial charge in [0.2, 0.25) is 0 Å². The second kappa shape index (κ2) is 6.91. The number of hydrogen-bond donors (Lipinski definition) is 1. The van der Waals surface area contributed by atoms with Crippen molar-refractivity contribution >= 4 is 21.9 Å². The zero-order valence-corrected chi connectivity index (χ0v) is 13.9. The van der Waals surface area contributed by atoms with Crippen molar-refractivity contribution in [3.63, 3.8) is 0 Å². The number of hydrogen-bond acceptors (Lipinski definition) is 4. The Morgan fingerprint density at radius 1 is 1.43 bits per heavy atom. The van der Waals surface area contributed by atoms with Crippen LogP contribution in [0.15, 0.2) is 39.2 Å². The fourth-order valence-electron chi connectivity index (χ4n) is 2.09. The first-order valence-corrected chi connectivity index (χ1v) is 7.47. The summed E-state index contributed by atoms with van der Waals surface area (Å²) in [5.74, 6) is 0.922. The third kappa shape index (κ3) is 3.95. The van der Waals surface area contributed by atoms with E-state index in [0.29, 0.717) is 17.9 Å². The van der Waals surface area contributed by atoms with Crippen LogP contribution in [0.2, 0.25) is 0 Å². The van der Waals surface area contributed by atoms with Crippen LogP contribution in [0, 0.1) is 6.92 Å². The van der Waals surface area contributed by atoms with Gasteiger partial charge in [-0.3, -0.25) is 0 Å². The molecule has 0 aliphatic rings. The molecule has 5 heteroatoms. The first kappa shape index (κ1) is 15.8. The smallest absolute Gasteiger partial charge is 0.341 e. The molecule has 0 bridgehead atoms. The van der Waals surface area contributed by atoms with Crippen LogP contribution in [0.25, 0.3) is 0 Å². The number of nitrogens with one attached hydrogen (secondary N) is 1. The number of halogens is 1. The van der Waals surface area contributed by atoms with E-state index in [2.05, 4.69) is 40.3 Å². The van der Waals surface area contributed by atoms with Gasteiger partial charge in [-0.05, 0) is 37.6 Å². The van der Waals surface area contributed by atoms with Crippen molar-refractivity contribution in [2.75, 3.05) is 7.11 Å². The standard InChI is InChI=1S/C16H18BrNO3/c1-10(12-5-4-6-13(17)7-12)18-9-14-8-15(11(2)21-14)16(19)20-3/h4-8,10,18H,9H2,1-3H3/t10-/m1/s1. The van der Waals surface area contributed by atoms with Crippen LogP contribution in [-0.2, 0) is 11.3 Å². The van der Waals surface area contributed by atoms with Crippen LogP contribution in [0.1, 0.15) is 40.4 Å². The molecule has 0 fully saturated rings. The highest BCUT2D eigenvalue weighted by molar-refractivity contribution is 9.10. The second-order valence-corrected chi connectivity index (χ2v) is 5.75. The van der Waals surface area contributed by atoms with Crippen molar-refractivity contribution in [3.05, 3.63) is 57.5 Å². The Morgan fingerprint density at radius 3 is 2.86 bits per heavy atom. The van der Waals surface area contributed by atoms with Gasteiger partial charge in [-0.25, -0.2) is 4.79 Å². The predicted octanol–water partition coefficient (Wildman–Crippen LogP) is 3.99. The third-order valence-corrected chi connectivity index (χ3v) is 3.80. The summed E-state index contributed by atoms with van der Waals surface area (Å²) in [6.45, 7) is 4.39. The molecular weight excluding hydrogens is 334 g/mol. The lowest BCUT2D eigenvalue weighted by atomic mass is 10.1. The number of ether oxygens (including phenoxy) is 1. The molecule has 112 valence electrons. The quantitative estimate of drug-likeness (QED) is 0.827. The fraction of sp³-hybridized carbons (Fsp3) is 0.312. The Hall–Kier alpha value is -1.59. The van der Waals surface area contributed by atoms with Crippen molar-refractivity contribution in [2.24, 2.45) is 0 Å². The molecule has 21 heavy (non-hydrogen) atoms. The lowest BCUT2D eigenvalue weighted by molar-refractivity contribution is 0.0599. The Bertz CT molecular complexity index is 636. The molecule has 0 saturated carbocycles. The Kier molecular flexibility index (Phi) is 5.20. The van der Waals surface area contributed by atoms with Gasteiger partial charge in [0.1, 0.15) is 17.1 Å². The lowest BCUT2D eigenvalue weighted by Gasteiger charge is -2.13. The molecule has 0 amide bonds. The van der Waals surface area contributed by atoms with Crippen LogP contribution >= 0.6 is 15.9 Å². The molecule has 0 aliphatic heterocycles. The molecule has 0 unspecified atom stereocenters. The molecule has 1 N–H and O–H groups in total. The van der Waals surface area contributed by atoms with Crippen molar-refractivity contribution < 1.29 is 13.9 Å². The molecule has 1 aromatic heterocycles. The predicted molar refractivity (Wildman–Crippen MR) is 84.2 cm³/mol. The highest BCUT2D eigenvalue weighted by Gasteiger charge is 2.15. The van der Waals surface area contributed by atoms with Gasteiger partial charge < -0.3 is 14.5 Å². The Balaban J connectivity index is 2.01. The number of benzene rings is 1. The summed E-state index contributed by atoms with van der Waals surface area (Å²) in [5, 5.41) is 3.37. The number of rotatable bonds is 5. The first-order valence-electron chi connectivity index (χ1n) is 6.67. The maximum absolute atomic E-state index is 11.5. The summed E-state index contributed by atoms with van der Waals surface area (Å²) in [6.07, 6.45) is 0. The molecule has 1 atom stereocenters. The van der Waals surface area contributed by atoms with E-state index in [0.717, 1.165) is 10.2 Å². The van der Waals surface area contributed by atoms with E-state index in [1.54, 1.807) is 13.0 Å². The summed E-state index contributed by atoms with van der Waals surface area (Å²) in [7, 11) is 1.36. The van der Waals surface area contributed by atoms with E-state index in [1.165, 1.54) is 12.7 Å². The minimum atomic E-state index is -0.373. The van der Waals surface area contributed by atoms with E-state index in [-0.39, 0.29) is 12.0 Å². The number of esters is 1. The minimum Gasteiger partial charge on any atom is -0.465 e. The summed E-state index contributed by atoms with van der Waals surface area (Å²) in [5.41, 5.74) is 1.66. The highest BCUT2D eigenvalue weighted by atomic mass is 79.9. The number of furan rings is 1. The van der Waals surface area contributed by atoms with Crippen molar-refractivity contribution in [3.8, 4) is 0 Å². The van der Waals surface area contributed by atoms with Crippen LogP contribution in [0.4, 0.5) is 0 Å². The molecule has 4 nitrogen and oxygen atoms in total. The van der Waals surface area contributed by atoms with E-state index in [4.69, 9.17) is 9.15 Å². The SMILES string of the molecule is COC(=O)c1cc(CN[C@H](C)c2cccc(Br)c2)oc1C. The van der Waals surface area contributed by atoms with Crippen LogP contribution < -0.4 is 5.32 Å². The topological polar surface area (TPSA) is 51.5 Å². The van der Waals surface area contributed by atoms with Crippen molar-refractivity contribution in [2.45, 2.75) is 26.4 Å². The Morgan fingerprint density at radius 2 is 2.19 bits per heavy atom. The number of carbonyl (C=O) groups excluding carboxylic acids is 1. The van der Waals surface area contributed by atoms with E-state index in [1.807, 2.05) is 12.1 Å². The summed E-state index contributed by atoms with van der Waals surface area (Å²) in [4.78, 5) is 11.5. The zero-order valence-electron chi connectivity index (χ0n) is 12.3. The van der Waals surface area contributed by atoms with E-state index >= 15 is 0 Å². The van der Waals surface area contributed by atoms with Gasteiger partial charge >= 0.3 is 5.97 Å². The average molecular weight is 352 g/mol. The summed E-state index contributed by atoms with van der Waals surface area (Å²) < 4.78 is 11.3. The third-order valence-electron chi connectivity index (χ3n) is 3.31.